The molecule has 0 radical (unpaired) electrons. The SMILES string of the molecule is COCCCCc1c(C(=O)N(CC(C)C)[C@H]2C[C@@H](C(=O)N3CCCCC3)CN(C(=O)O)C2C(C)(C)C)nnn1-c1ccccc1. The molecule has 0 bridgehead atoms. The Bertz CT molecular complexity index is 1280. The van der Waals surface area contributed by atoms with E-state index in [9.17, 15) is 19.5 Å². The number of methoxy groups -OCH3 is 1. The minimum atomic E-state index is -1.07. The van der Waals surface area contributed by atoms with Crippen LogP contribution in [0, 0.1) is 17.3 Å². The molecule has 45 heavy (non-hydrogen) atoms. The van der Waals surface area contributed by atoms with E-state index >= 15 is 0 Å². The van der Waals surface area contributed by atoms with Gasteiger partial charge in [0.25, 0.3) is 5.91 Å². The first-order valence-electron chi connectivity index (χ1n) is 16.5. The van der Waals surface area contributed by atoms with Gasteiger partial charge in [-0.05, 0) is 68.4 Å². The predicted octanol–water partition coefficient (Wildman–Crippen LogP) is 5.13. The zero-order valence-corrected chi connectivity index (χ0v) is 27.9. The Morgan fingerprint density at radius 1 is 1.07 bits per heavy atom. The first-order valence-corrected chi connectivity index (χ1v) is 16.5. The van der Waals surface area contributed by atoms with Gasteiger partial charge in [0.1, 0.15) is 0 Å². The molecule has 1 N–H and O–H groups in total. The number of aromatic nitrogens is 3. The summed E-state index contributed by atoms with van der Waals surface area (Å²) in [5, 5.41) is 19.4. The summed E-state index contributed by atoms with van der Waals surface area (Å²) in [6, 6.07) is 8.62. The maximum Gasteiger partial charge on any atom is 0.407 e. The highest BCUT2D eigenvalue weighted by molar-refractivity contribution is 5.94. The first-order chi connectivity index (χ1) is 21.4. The van der Waals surface area contributed by atoms with E-state index in [2.05, 4.69) is 10.3 Å². The summed E-state index contributed by atoms with van der Waals surface area (Å²) in [4.78, 5) is 46.6. The van der Waals surface area contributed by atoms with Crippen LogP contribution in [-0.4, -0.2) is 105 Å². The van der Waals surface area contributed by atoms with Crippen molar-refractivity contribution in [2.75, 3.05) is 39.9 Å². The molecule has 3 heterocycles. The van der Waals surface area contributed by atoms with Crippen molar-refractivity contribution >= 4 is 17.9 Å². The standard InChI is InChI=1S/C34H52N6O5/c1-24(2)22-38(32(42)29-27(17-11-14-20-45-6)40(36-35-29)26-15-9-7-10-16-26)28-21-25(31(41)37-18-12-8-13-19-37)23-39(33(43)44)30(28)34(3,4)5/h7,9-10,15-16,24-25,28,30H,8,11-14,17-23H2,1-6H3,(H,43,44)/t25-,28+,30?/m1/s1. The van der Waals surface area contributed by atoms with E-state index in [1.165, 1.54) is 4.90 Å². The lowest BCUT2D eigenvalue weighted by Crippen LogP contribution is -2.66. The van der Waals surface area contributed by atoms with Crippen molar-refractivity contribution < 1.29 is 24.2 Å². The third-order valence-corrected chi connectivity index (χ3v) is 8.99. The maximum atomic E-state index is 14.8. The molecule has 2 aromatic rings. The van der Waals surface area contributed by atoms with Crippen molar-refractivity contribution in [2.24, 2.45) is 17.3 Å². The molecule has 248 valence electrons. The molecule has 2 aliphatic heterocycles. The van der Waals surface area contributed by atoms with E-state index in [1.807, 2.05) is 74.8 Å². The van der Waals surface area contributed by atoms with Gasteiger partial charge >= 0.3 is 6.09 Å². The molecular formula is C34H52N6O5. The minimum absolute atomic E-state index is 0.0101. The molecule has 2 aliphatic rings. The van der Waals surface area contributed by atoms with Crippen LogP contribution in [-0.2, 0) is 16.0 Å². The highest BCUT2D eigenvalue weighted by atomic mass is 16.5. The number of likely N-dealkylation sites (tertiary alicyclic amines) is 2. The smallest absolute Gasteiger partial charge is 0.407 e. The van der Waals surface area contributed by atoms with Gasteiger partial charge in [0, 0.05) is 39.9 Å². The number of hydrogen-bond donors (Lipinski definition) is 1. The monoisotopic (exact) mass is 624 g/mol. The second kappa shape index (κ2) is 15.2. The summed E-state index contributed by atoms with van der Waals surface area (Å²) < 4.78 is 7.00. The number of nitrogens with zero attached hydrogens (tertiary/aromatic N) is 6. The van der Waals surface area contributed by atoms with Gasteiger partial charge in [-0.15, -0.1) is 5.10 Å². The fourth-order valence-corrected chi connectivity index (χ4v) is 7.05. The number of para-hydroxylation sites is 1. The quantitative estimate of drug-likeness (QED) is 0.344. The van der Waals surface area contributed by atoms with E-state index < -0.39 is 29.5 Å². The number of benzene rings is 1. The summed E-state index contributed by atoms with van der Waals surface area (Å²) in [6.07, 6.45) is 4.52. The molecule has 0 saturated carbocycles. The third kappa shape index (κ3) is 8.23. The van der Waals surface area contributed by atoms with Crippen LogP contribution in [0.2, 0.25) is 0 Å². The lowest BCUT2D eigenvalue weighted by Gasteiger charge is -2.52. The number of unbranched alkanes of at least 4 members (excludes halogenated alkanes) is 1. The van der Waals surface area contributed by atoms with Crippen LogP contribution in [0.4, 0.5) is 4.79 Å². The average molecular weight is 625 g/mol. The zero-order valence-electron chi connectivity index (χ0n) is 27.9. The topological polar surface area (TPSA) is 121 Å². The molecule has 2 fully saturated rings. The van der Waals surface area contributed by atoms with Crippen molar-refractivity contribution in [3.8, 4) is 5.69 Å². The molecule has 0 aliphatic carbocycles. The van der Waals surface area contributed by atoms with Gasteiger partial charge in [-0.2, -0.15) is 0 Å². The van der Waals surface area contributed by atoms with Crippen molar-refractivity contribution in [3.05, 3.63) is 41.7 Å². The Kier molecular flexibility index (Phi) is 11.6. The molecule has 3 atom stereocenters. The predicted molar refractivity (Wildman–Crippen MR) is 172 cm³/mol. The second-order valence-electron chi connectivity index (χ2n) is 14.1. The number of piperidine rings is 2. The van der Waals surface area contributed by atoms with Crippen molar-refractivity contribution in [2.45, 2.75) is 91.6 Å². The van der Waals surface area contributed by atoms with Crippen molar-refractivity contribution in [1.82, 2.24) is 29.7 Å². The first kappa shape index (κ1) is 34.4. The maximum absolute atomic E-state index is 14.8. The third-order valence-electron chi connectivity index (χ3n) is 8.99. The Labute approximate surface area is 267 Å². The van der Waals surface area contributed by atoms with E-state index in [4.69, 9.17) is 4.74 Å². The van der Waals surface area contributed by atoms with Crippen LogP contribution >= 0.6 is 0 Å². The minimum Gasteiger partial charge on any atom is -0.465 e. The molecule has 0 spiro atoms. The molecule has 1 aromatic heterocycles. The number of rotatable bonds is 11. The largest absolute Gasteiger partial charge is 0.465 e. The lowest BCUT2D eigenvalue weighted by atomic mass is 9.74. The molecule has 1 unspecified atom stereocenters. The molecule has 2 saturated heterocycles. The second-order valence-corrected chi connectivity index (χ2v) is 14.1. The Balaban J connectivity index is 1.78. The van der Waals surface area contributed by atoms with Gasteiger partial charge in [-0.3, -0.25) is 9.59 Å². The molecule has 1 aromatic carbocycles. The molecular weight excluding hydrogens is 572 g/mol. The van der Waals surface area contributed by atoms with Crippen LogP contribution < -0.4 is 0 Å². The van der Waals surface area contributed by atoms with Crippen molar-refractivity contribution in [3.63, 3.8) is 0 Å². The van der Waals surface area contributed by atoms with Gasteiger partial charge in [0.15, 0.2) is 5.69 Å². The molecule has 3 amide bonds. The van der Waals surface area contributed by atoms with E-state index in [-0.39, 0.29) is 30.0 Å². The summed E-state index contributed by atoms with van der Waals surface area (Å²) in [5.74, 6) is -0.716. The van der Waals surface area contributed by atoms with Crippen LogP contribution in [0.1, 0.15) is 89.3 Å². The summed E-state index contributed by atoms with van der Waals surface area (Å²) >= 11 is 0. The number of carbonyl (C=O) groups excluding carboxylic acids is 2. The van der Waals surface area contributed by atoms with Crippen LogP contribution in [0.5, 0.6) is 0 Å². The lowest BCUT2D eigenvalue weighted by molar-refractivity contribution is -0.141. The Morgan fingerprint density at radius 2 is 1.76 bits per heavy atom. The van der Waals surface area contributed by atoms with E-state index in [0.717, 1.165) is 43.5 Å². The fraction of sp³-hybridized carbons (Fsp3) is 0.676. The average Bonchev–Trinajstić information content (AvgIpc) is 3.44. The van der Waals surface area contributed by atoms with Crippen LogP contribution in [0.15, 0.2) is 30.3 Å². The number of carboxylic acid groups (broad SMARTS) is 1. The molecule has 11 nitrogen and oxygen atoms in total. The van der Waals surface area contributed by atoms with Gasteiger partial charge in [0.05, 0.1) is 29.4 Å². The number of hydrogen-bond acceptors (Lipinski definition) is 6. The van der Waals surface area contributed by atoms with E-state index in [0.29, 0.717) is 39.1 Å². The molecule has 4 rings (SSSR count). The zero-order chi connectivity index (χ0) is 32.7. The highest BCUT2D eigenvalue weighted by Crippen LogP contribution is 2.39. The van der Waals surface area contributed by atoms with Gasteiger partial charge in [-0.25, -0.2) is 9.48 Å². The number of ether oxygens (including phenoxy) is 1. The Morgan fingerprint density at radius 3 is 2.36 bits per heavy atom. The number of carbonyl (C=O) groups is 3. The highest BCUT2D eigenvalue weighted by Gasteiger charge is 2.50. The molecule has 11 heteroatoms. The number of amides is 3. The van der Waals surface area contributed by atoms with Crippen LogP contribution in [0.3, 0.4) is 0 Å². The summed E-state index contributed by atoms with van der Waals surface area (Å²) in [6.45, 7) is 12.7. The fourth-order valence-electron chi connectivity index (χ4n) is 7.05. The van der Waals surface area contributed by atoms with Gasteiger partial charge < -0.3 is 24.5 Å². The van der Waals surface area contributed by atoms with Crippen molar-refractivity contribution in [1.29, 1.82) is 0 Å². The van der Waals surface area contributed by atoms with E-state index in [1.54, 1.807) is 11.8 Å². The Hall–Kier alpha value is -3.47. The summed E-state index contributed by atoms with van der Waals surface area (Å²) in [7, 11) is 1.67. The van der Waals surface area contributed by atoms with Crippen LogP contribution in [0.25, 0.3) is 5.69 Å². The summed E-state index contributed by atoms with van der Waals surface area (Å²) in [5.41, 5.74) is 1.31. The van der Waals surface area contributed by atoms with Gasteiger partial charge in [0.2, 0.25) is 5.91 Å². The normalized spacial score (nSPS) is 20.8. The van der Waals surface area contributed by atoms with Gasteiger partial charge in [-0.1, -0.05) is 58.0 Å².